The number of methoxy groups -OCH3 is 1. The molecule has 7 heteroatoms. The highest BCUT2D eigenvalue weighted by Crippen LogP contribution is 2.16. The maximum absolute atomic E-state index is 12.6. The standard InChI is InChI=1S/C19H24N2O4S/c1-14-9-10-17(11-18(14)19(22)21-15(2)13-25-3)26(23,24)20-12-16-7-5-4-6-8-16/h4-11,15,20H,12-13H2,1-3H3,(H,21,22). The molecule has 2 N–H and O–H groups in total. The third kappa shape index (κ3) is 5.39. The van der Waals surface area contributed by atoms with E-state index in [4.69, 9.17) is 4.74 Å². The molecule has 2 aromatic rings. The second-order valence-corrected chi connectivity index (χ2v) is 7.88. The molecule has 0 aliphatic rings. The molecule has 6 nitrogen and oxygen atoms in total. The lowest BCUT2D eigenvalue weighted by Crippen LogP contribution is -2.36. The Hall–Kier alpha value is -2.22. The molecule has 1 amide bonds. The van der Waals surface area contributed by atoms with E-state index in [1.807, 2.05) is 37.3 Å². The van der Waals surface area contributed by atoms with Crippen molar-refractivity contribution in [2.75, 3.05) is 13.7 Å². The van der Waals surface area contributed by atoms with Gasteiger partial charge in [0.15, 0.2) is 0 Å². The third-order valence-corrected chi connectivity index (χ3v) is 5.27. The minimum atomic E-state index is -3.72. The Morgan fingerprint density at radius 3 is 2.50 bits per heavy atom. The van der Waals surface area contributed by atoms with Gasteiger partial charge in [0.05, 0.1) is 11.5 Å². The number of amides is 1. The van der Waals surface area contributed by atoms with Crippen molar-refractivity contribution >= 4 is 15.9 Å². The van der Waals surface area contributed by atoms with Gasteiger partial charge in [-0.2, -0.15) is 0 Å². The molecule has 26 heavy (non-hydrogen) atoms. The number of ether oxygens (including phenoxy) is 1. The minimum absolute atomic E-state index is 0.0589. The number of benzene rings is 2. The molecule has 0 fully saturated rings. The zero-order chi connectivity index (χ0) is 19.2. The summed E-state index contributed by atoms with van der Waals surface area (Å²) in [5.41, 5.74) is 1.89. The SMILES string of the molecule is COCC(C)NC(=O)c1cc(S(=O)(=O)NCc2ccccc2)ccc1C. The number of carbonyl (C=O) groups excluding carboxylic acids is 1. The van der Waals surface area contributed by atoms with E-state index in [-0.39, 0.29) is 23.4 Å². The zero-order valence-electron chi connectivity index (χ0n) is 15.2. The van der Waals surface area contributed by atoms with E-state index in [1.165, 1.54) is 12.1 Å². The average molecular weight is 376 g/mol. The molecule has 0 spiro atoms. The number of hydrogen-bond acceptors (Lipinski definition) is 4. The molecule has 0 aliphatic carbocycles. The van der Waals surface area contributed by atoms with E-state index in [9.17, 15) is 13.2 Å². The predicted molar refractivity (Wildman–Crippen MR) is 100 cm³/mol. The normalized spacial score (nSPS) is 12.6. The van der Waals surface area contributed by atoms with Crippen LogP contribution >= 0.6 is 0 Å². The maximum atomic E-state index is 12.6. The number of hydrogen-bond donors (Lipinski definition) is 2. The van der Waals surface area contributed by atoms with Crippen LogP contribution in [0.4, 0.5) is 0 Å². The largest absolute Gasteiger partial charge is 0.383 e. The number of nitrogens with one attached hydrogen (secondary N) is 2. The fourth-order valence-corrected chi connectivity index (χ4v) is 3.51. The molecule has 0 aliphatic heterocycles. The smallest absolute Gasteiger partial charge is 0.251 e. The van der Waals surface area contributed by atoms with Gasteiger partial charge in [-0.15, -0.1) is 0 Å². The predicted octanol–water partition coefficient (Wildman–Crippen LogP) is 2.24. The first-order valence-electron chi connectivity index (χ1n) is 8.27. The van der Waals surface area contributed by atoms with Gasteiger partial charge in [-0.25, -0.2) is 13.1 Å². The maximum Gasteiger partial charge on any atom is 0.251 e. The lowest BCUT2D eigenvalue weighted by molar-refractivity contribution is 0.0904. The summed E-state index contributed by atoms with van der Waals surface area (Å²) in [6.07, 6.45) is 0. The van der Waals surface area contributed by atoms with E-state index >= 15 is 0 Å². The van der Waals surface area contributed by atoms with Gasteiger partial charge in [0.2, 0.25) is 10.0 Å². The average Bonchev–Trinajstić information content (AvgIpc) is 2.61. The number of sulfonamides is 1. The topological polar surface area (TPSA) is 84.5 Å². The molecule has 0 radical (unpaired) electrons. The van der Waals surface area contributed by atoms with E-state index in [0.717, 1.165) is 5.56 Å². The van der Waals surface area contributed by atoms with Crippen molar-refractivity contribution < 1.29 is 17.9 Å². The Morgan fingerprint density at radius 1 is 1.15 bits per heavy atom. The summed E-state index contributed by atoms with van der Waals surface area (Å²) in [7, 11) is -2.17. The van der Waals surface area contributed by atoms with Crippen LogP contribution in [0.15, 0.2) is 53.4 Å². The van der Waals surface area contributed by atoms with Gasteiger partial charge < -0.3 is 10.1 Å². The van der Waals surface area contributed by atoms with Crippen LogP contribution in [0, 0.1) is 6.92 Å². The Labute approximate surface area is 154 Å². The first-order chi connectivity index (χ1) is 12.3. The Kier molecular flexibility index (Phi) is 6.90. The van der Waals surface area contributed by atoms with Crippen molar-refractivity contribution in [3.05, 3.63) is 65.2 Å². The summed E-state index contributed by atoms with van der Waals surface area (Å²) < 4.78 is 32.7. The van der Waals surface area contributed by atoms with Crippen molar-refractivity contribution in [3.63, 3.8) is 0 Å². The van der Waals surface area contributed by atoms with Crippen LogP contribution in [-0.2, 0) is 21.3 Å². The van der Waals surface area contributed by atoms with Gasteiger partial charge in [0.25, 0.3) is 5.91 Å². The molecule has 1 atom stereocenters. The van der Waals surface area contributed by atoms with Gasteiger partial charge in [-0.3, -0.25) is 4.79 Å². The lowest BCUT2D eigenvalue weighted by atomic mass is 10.1. The first kappa shape index (κ1) is 20.1. The molecule has 2 aromatic carbocycles. The highest BCUT2D eigenvalue weighted by atomic mass is 32.2. The van der Waals surface area contributed by atoms with Crippen LogP contribution in [0.2, 0.25) is 0 Å². The summed E-state index contributed by atoms with van der Waals surface area (Å²) in [5, 5.41) is 2.80. The Morgan fingerprint density at radius 2 is 1.85 bits per heavy atom. The molecule has 0 saturated carbocycles. The van der Waals surface area contributed by atoms with Gasteiger partial charge in [-0.1, -0.05) is 36.4 Å². The second kappa shape index (κ2) is 8.93. The lowest BCUT2D eigenvalue weighted by Gasteiger charge is -2.15. The third-order valence-electron chi connectivity index (χ3n) is 3.87. The Bertz CT molecular complexity index is 851. The van der Waals surface area contributed by atoms with E-state index in [1.54, 1.807) is 20.1 Å². The monoisotopic (exact) mass is 376 g/mol. The second-order valence-electron chi connectivity index (χ2n) is 6.12. The van der Waals surface area contributed by atoms with Gasteiger partial charge in [0, 0.05) is 25.3 Å². The molecule has 0 heterocycles. The van der Waals surface area contributed by atoms with Crippen molar-refractivity contribution in [2.24, 2.45) is 0 Å². The summed E-state index contributed by atoms with van der Waals surface area (Å²) in [6.45, 7) is 4.15. The summed E-state index contributed by atoms with van der Waals surface area (Å²) in [6, 6.07) is 13.6. The number of rotatable bonds is 8. The molecule has 1 unspecified atom stereocenters. The van der Waals surface area contributed by atoms with Gasteiger partial charge in [0.1, 0.15) is 0 Å². The van der Waals surface area contributed by atoms with Crippen LogP contribution in [0.3, 0.4) is 0 Å². The van der Waals surface area contributed by atoms with Crippen LogP contribution in [0.25, 0.3) is 0 Å². The first-order valence-corrected chi connectivity index (χ1v) is 9.76. The van der Waals surface area contributed by atoms with Crippen LogP contribution in [-0.4, -0.2) is 34.1 Å². The molecule has 0 saturated heterocycles. The molecule has 2 rings (SSSR count). The quantitative estimate of drug-likeness (QED) is 0.740. The van der Waals surface area contributed by atoms with Crippen LogP contribution in [0.1, 0.15) is 28.4 Å². The molecular formula is C19H24N2O4S. The van der Waals surface area contributed by atoms with Crippen molar-refractivity contribution in [1.29, 1.82) is 0 Å². The van der Waals surface area contributed by atoms with E-state index in [0.29, 0.717) is 17.7 Å². The molecule has 0 aromatic heterocycles. The highest BCUT2D eigenvalue weighted by molar-refractivity contribution is 7.89. The summed E-state index contributed by atoms with van der Waals surface area (Å²) >= 11 is 0. The summed E-state index contributed by atoms with van der Waals surface area (Å²) in [5.74, 6) is -0.327. The molecular weight excluding hydrogens is 352 g/mol. The fraction of sp³-hybridized carbons (Fsp3) is 0.316. The van der Waals surface area contributed by atoms with Crippen molar-refractivity contribution in [3.8, 4) is 0 Å². The van der Waals surface area contributed by atoms with Gasteiger partial charge in [-0.05, 0) is 37.1 Å². The summed E-state index contributed by atoms with van der Waals surface area (Å²) in [4.78, 5) is 12.5. The van der Waals surface area contributed by atoms with Crippen molar-refractivity contribution in [1.82, 2.24) is 10.0 Å². The number of aryl methyl sites for hydroxylation is 1. The van der Waals surface area contributed by atoms with Crippen LogP contribution < -0.4 is 10.0 Å². The van der Waals surface area contributed by atoms with E-state index in [2.05, 4.69) is 10.0 Å². The van der Waals surface area contributed by atoms with Gasteiger partial charge >= 0.3 is 0 Å². The van der Waals surface area contributed by atoms with E-state index < -0.39 is 10.0 Å². The fourth-order valence-electron chi connectivity index (χ4n) is 2.46. The Balaban J connectivity index is 2.17. The highest BCUT2D eigenvalue weighted by Gasteiger charge is 2.18. The minimum Gasteiger partial charge on any atom is -0.383 e. The zero-order valence-corrected chi connectivity index (χ0v) is 16.0. The molecule has 140 valence electrons. The number of carbonyl (C=O) groups is 1. The van der Waals surface area contributed by atoms with Crippen LogP contribution in [0.5, 0.6) is 0 Å². The molecule has 0 bridgehead atoms. The van der Waals surface area contributed by atoms with Crippen molar-refractivity contribution in [2.45, 2.75) is 31.3 Å².